The van der Waals surface area contributed by atoms with Crippen molar-refractivity contribution in [3.05, 3.63) is 83.7 Å². The number of aryl methyl sites for hydroxylation is 1. The molecule has 6 nitrogen and oxygen atoms in total. The number of nitrogens with zero attached hydrogens (tertiary/aromatic N) is 2. The summed E-state index contributed by atoms with van der Waals surface area (Å²) in [6.45, 7) is 3.80. The zero-order valence-corrected chi connectivity index (χ0v) is 17.1. The monoisotopic (exact) mass is 417 g/mol. The maximum atomic E-state index is 13.1. The summed E-state index contributed by atoms with van der Waals surface area (Å²) in [4.78, 5) is 16.9. The van der Waals surface area contributed by atoms with Gasteiger partial charge >= 0.3 is 0 Å². The molecule has 31 heavy (non-hydrogen) atoms. The van der Waals surface area contributed by atoms with Gasteiger partial charge in [0.2, 0.25) is 5.82 Å². The normalized spacial score (nSPS) is 10.7. The van der Waals surface area contributed by atoms with Crippen molar-refractivity contribution < 1.29 is 18.4 Å². The van der Waals surface area contributed by atoms with Crippen LogP contribution >= 0.6 is 0 Å². The average Bonchev–Trinajstić information content (AvgIpc) is 3.26. The van der Waals surface area contributed by atoms with Crippen LogP contribution in [0.1, 0.15) is 11.1 Å². The number of hydrogen-bond donors (Lipinski definition) is 1. The Labute approximate surface area is 178 Å². The van der Waals surface area contributed by atoms with Crippen molar-refractivity contribution in [1.82, 2.24) is 10.1 Å². The molecule has 0 radical (unpaired) electrons. The second-order valence-electron chi connectivity index (χ2n) is 7.01. The maximum absolute atomic E-state index is 13.1. The molecule has 7 heteroatoms. The lowest BCUT2D eigenvalue weighted by Crippen LogP contribution is -2.20. The Morgan fingerprint density at radius 3 is 2.61 bits per heavy atom. The minimum absolute atomic E-state index is 0.136. The number of carbonyl (C=O) groups is 1. The van der Waals surface area contributed by atoms with Gasteiger partial charge in [0.1, 0.15) is 11.6 Å². The number of carbonyl (C=O) groups excluding carboxylic acids is 1. The zero-order valence-electron chi connectivity index (χ0n) is 17.1. The third-order valence-electron chi connectivity index (χ3n) is 4.87. The van der Waals surface area contributed by atoms with E-state index >= 15 is 0 Å². The Balaban J connectivity index is 1.49. The highest BCUT2D eigenvalue weighted by Crippen LogP contribution is 2.28. The molecule has 4 aromatic rings. The molecular weight excluding hydrogens is 397 g/mol. The zero-order chi connectivity index (χ0) is 21.8. The first-order valence-corrected chi connectivity index (χ1v) is 9.69. The fourth-order valence-corrected chi connectivity index (χ4v) is 3.04. The predicted molar refractivity (Wildman–Crippen MR) is 115 cm³/mol. The van der Waals surface area contributed by atoms with Crippen LogP contribution in [0.5, 0.6) is 5.75 Å². The van der Waals surface area contributed by atoms with Crippen LogP contribution in [0.25, 0.3) is 22.8 Å². The lowest BCUT2D eigenvalue weighted by atomic mass is 10.1. The van der Waals surface area contributed by atoms with Crippen LogP contribution < -0.4 is 10.1 Å². The molecule has 1 heterocycles. The molecule has 1 amide bonds. The fraction of sp³-hybridized carbons (Fsp3) is 0.125. The van der Waals surface area contributed by atoms with E-state index in [0.717, 1.165) is 11.1 Å². The Morgan fingerprint density at radius 1 is 1.03 bits per heavy atom. The van der Waals surface area contributed by atoms with Crippen molar-refractivity contribution in [2.75, 3.05) is 11.9 Å². The van der Waals surface area contributed by atoms with Gasteiger partial charge in [0, 0.05) is 5.56 Å². The Morgan fingerprint density at radius 2 is 1.81 bits per heavy atom. The molecule has 0 spiro atoms. The summed E-state index contributed by atoms with van der Waals surface area (Å²) in [6, 6.07) is 18.6. The van der Waals surface area contributed by atoms with E-state index in [1.54, 1.807) is 36.4 Å². The molecule has 0 bridgehead atoms. The summed E-state index contributed by atoms with van der Waals surface area (Å²) in [7, 11) is 0. The van der Waals surface area contributed by atoms with Gasteiger partial charge in [-0.15, -0.1) is 0 Å². The first-order chi connectivity index (χ1) is 15.0. The summed E-state index contributed by atoms with van der Waals surface area (Å²) >= 11 is 0. The number of aromatic nitrogens is 2. The van der Waals surface area contributed by atoms with Crippen LogP contribution in [0.4, 0.5) is 10.1 Å². The molecule has 0 aliphatic rings. The number of hydrogen-bond acceptors (Lipinski definition) is 5. The third-order valence-corrected chi connectivity index (χ3v) is 4.87. The number of nitrogens with one attached hydrogen (secondary N) is 1. The van der Waals surface area contributed by atoms with Crippen LogP contribution in [-0.2, 0) is 4.79 Å². The van der Waals surface area contributed by atoms with Crippen LogP contribution in [-0.4, -0.2) is 22.7 Å². The number of ether oxygens (including phenoxy) is 1. The summed E-state index contributed by atoms with van der Waals surface area (Å²) in [5, 5.41) is 6.79. The molecule has 0 aliphatic carbocycles. The Kier molecular flexibility index (Phi) is 5.75. The second-order valence-corrected chi connectivity index (χ2v) is 7.01. The first kappa shape index (κ1) is 20.3. The molecule has 4 rings (SSSR count). The standard InChI is InChI=1S/C24H20FN3O3/c1-15-6-5-9-21(16(15)2)30-14-22(29)26-20-8-4-3-7-19(20)24-27-23(28-31-24)17-10-12-18(25)13-11-17/h3-13H,14H2,1-2H3,(H,26,29). The molecule has 0 saturated heterocycles. The van der Waals surface area contributed by atoms with Crippen molar-refractivity contribution in [3.63, 3.8) is 0 Å². The number of halogens is 1. The van der Waals surface area contributed by atoms with Gasteiger partial charge in [0.25, 0.3) is 11.8 Å². The number of para-hydroxylation sites is 1. The molecular formula is C24H20FN3O3. The van der Waals surface area contributed by atoms with Gasteiger partial charge in [0.15, 0.2) is 6.61 Å². The molecule has 0 fully saturated rings. The lowest BCUT2D eigenvalue weighted by Gasteiger charge is -2.12. The largest absolute Gasteiger partial charge is 0.483 e. The second kappa shape index (κ2) is 8.79. The Hall–Kier alpha value is -4.00. The van der Waals surface area contributed by atoms with Crippen LogP contribution in [0.2, 0.25) is 0 Å². The van der Waals surface area contributed by atoms with Crippen molar-refractivity contribution in [2.45, 2.75) is 13.8 Å². The topological polar surface area (TPSA) is 77.2 Å². The highest BCUT2D eigenvalue weighted by molar-refractivity contribution is 5.95. The number of anilines is 1. The average molecular weight is 417 g/mol. The molecule has 0 saturated carbocycles. The van der Waals surface area contributed by atoms with E-state index < -0.39 is 0 Å². The number of amides is 1. The van der Waals surface area contributed by atoms with Crippen molar-refractivity contribution >= 4 is 11.6 Å². The van der Waals surface area contributed by atoms with Crippen LogP contribution in [0.3, 0.4) is 0 Å². The van der Waals surface area contributed by atoms with Crippen LogP contribution in [0, 0.1) is 19.7 Å². The maximum Gasteiger partial charge on any atom is 0.262 e. The number of rotatable bonds is 6. The van der Waals surface area contributed by atoms with E-state index in [9.17, 15) is 9.18 Å². The van der Waals surface area contributed by atoms with Gasteiger partial charge in [-0.1, -0.05) is 29.4 Å². The highest BCUT2D eigenvalue weighted by atomic mass is 19.1. The summed E-state index contributed by atoms with van der Waals surface area (Å²) in [5.74, 6) is 0.583. The highest BCUT2D eigenvalue weighted by Gasteiger charge is 2.16. The molecule has 3 aromatic carbocycles. The molecule has 0 unspecified atom stereocenters. The Bertz CT molecular complexity index is 1220. The van der Waals surface area contributed by atoms with Crippen LogP contribution in [0.15, 0.2) is 71.3 Å². The SMILES string of the molecule is Cc1cccc(OCC(=O)Nc2ccccc2-c2nc(-c3ccc(F)cc3)no2)c1C. The van der Waals surface area contributed by atoms with Gasteiger partial charge in [-0.2, -0.15) is 4.98 Å². The summed E-state index contributed by atoms with van der Waals surface area (Å²) in [6.07, 6.45) is 0. The van der Waals surface area contributed by atoms with Gasteiger partial charge in [-0.3, -0.25) is 4.79 Å². The van der Waals surface area contributed by atoms with Gasteiger partial charge in [-0.05, 0) is 67.4 Å². The van der Waals surface area contributed by atoms with Crippen molar-refractivity contribution in [2.24, 2.45) is 0 Å². The van der Waals surface area contributed by atoms with E-state index in [1.165, 1.54) is 12.1 Å². The van der Waals surface area contributed by atoms with Gasteiger partial charge < -0.3 is 14.6 Å². The van der Waals surface area contributed by atoms with E-state index in [4.69, 9.17) is 9.26 Å². The minimum atomic E-state index is -0.344. The van der Waals surface area contributed by atoms with E-state index in [-0.39, 0.29) is 24.2 Å². The van der Waals surface area contributed by atoms with E-state index in [1.807, 2.05) is 32.0 Å². The van der Waals surface area contributed by atoms with Gasteiger partial charge in [-0.25, -0.2) is 4.39 Å². The molecule has 0 aliphatic heterocycles. The predicted octanol–water partition coefficient (Wildman–Crippen LogP) is 5.18. The summed E-state index contributed by atoms with van der Waals surface area (Å²) < 4.78 is 24.2. The van der Waals surface area contributed by atoms with Crippen molar-refractivity contribution in [3.8, 4) is 28.6 Å². The van der Waals surface area contributed by atoms with E-state index in [0.29, 0.717) is 28.4 Å². The third kappa shape index (κ3) is 4.61. The quantitative estimate of drug-likeness (QED) is 0.468. The minimum Gasteiger partial charge on any atom is -0.483 e. The molecule has 156 valence electrons. The van der Waals surface area contributed by atoms with Crippen molar-refractivity contribution in [1.29, 1.82) is 0 Å². The smallest absolute Gasteiger partial charge is 0.262 e. The lowest BCUT2D eigenvalue weighted by molar-refractivity contribution is -0.118. The first-order valence-electron chi connectivity index (χ1n) is 9.69. The fourth-order valence-electron chi connectivity index (χ4n) is 3.04. The van der Waals surface area contributed by atoms with Gasteiger partial charge in [0.05, 0.1) is 11.3 Å². The molecule has 1 N–H and O–H groups in total. The van der Waals surface area contributed by atoms with E-state index in [2.05, 4.69) is 15.5 Å². The summed E-state index contributed by atoms with van der Waals surface area (Å²) in [5.41, 5.74) is 3.81. The molecule has 1 aromatic heterocycles. The molecule has 0 atom stereocenters. The number of benzene rings is 3.